The quantitative estimate of drug-likeness (QED) is 0.569. The Kier molecular flexibility index (Phi) is 6.45. The smallest absolute Gasteiger partial charge is 0.233 e. The van der Waals surface area contributed by atoms with Crippen LogP contribution in [0.3, 0.4) is 0 Å². The molecule has 4 rings (SSSR count). The highest BCUT2D eigenvalue weighted by atomic mass is 32.2. The Morgan fingerprint density at radius 2 is 1.53 bits per heavy atom. The molecule has 6 heteroatoms. The average Bonchev–Trinajstić information content (AvgIpc) is 2.78. The van der Waals surface area contributed by atoms with Crippen molar-refractivity contribution in [3.05, 3.63) is 66.7 Å². The first-order valence-corrected chi connectivity index (χ1v) is 11.1. The van der Waals surface area contributed by atoms with Crippen LogP contribution in [0.15, 0.2) is 71.8 Å². The SMILES string of the molecule is C[C@@H]1CN(C(=O)CSc2ccc(-c3ccc(-c4ccccc4)cc3)nn2)C[C@@H](C)O1. The van der Waals surface area contributed by atoms with E-state index in [9.17, 15) is 4.79 Å². The second kappa shape index (κ2) is 9.41. The molecule has 0 unspecified atom stereocenters. The van der Waals surface area contributed by atoms with Crippen molar-refractivity contribution >= 4 is 17.7 Å². The summed E-state index contributed by atoms with van der Waals surface area (Å²) in [6, 6.07) is 22.5. The maximum Gasteiger partial charge on any atom is 0.233 e. The molecule has 2 atom stereocenters. The molecule has 154 valence electrons. The summed E-state index contributed by atoms with van der Waals surface area (Å²) in [6.07, 6.45) is 0.158. The standard InChI is InChI=1S/C24H25N3O2S/c1-17-14-27(15-18(2)29-17)24(28)16-30-23-13-12-22(25-26-23)21-10-8-20(9-11-21)19-6-4-3-5-7-19/h3-13,17-18H,14-16H2,1-2H3/t17-,18-/m1/s1. The Labute approximate surface area is 181 Å². The monoisotopic (exact) mass is 419 g/mol. The summed E-state index contributed by atoms with van der Waals surface area (Å²) >= 11 is 1.42. The van der Waals surface area contributed by atoms with Crippen LogP contribution in [0, 0.1) is 0 Å². The summed E-state index contributed by atoms with van der Waals surface area (Å²) in [5.41, 5.74) is 4.20. The molecule has 0 spiro atoms. The van der Waals surface area contributed by atoms with Crippen LogP contribution in [0.25, 0.3) is 22.4 Å². The third-order valence-electron chi connectivity index (χ3n) is 5.04. The molecule has 1 aliphatic rings. The molecule has 5 nitrogen and oxygen atoms in total. The normalized spacial score (nSPS) is 18.9. The summed E-state index contributed by atoms with van der Waals surface area (Å²) in [4.78, 5) is 14.4. The van der Waals surface area contributed by atoms with Crippen molar-refractivity contribution in [2.45, 2.75) is 31.1 Å². The van der Waals surface area contributed by atoms with Crippen LogP contribution in [0.2, 0.25) is 0 Å². The highest BCUT2D eigenvalue weighted by Crippen LogP contribution is 2.24. The van der Waals surface area contributed by atoms with Gasteiger partial charge in [-0.05, 0) is 37.1 Å². The molecule has 30 heavy (non-hydrogen) atoms. The van der Waals surface area contributed by atoms with Crippen LogP contribution in [0.4, 0.5) is 0 Å². The molecule has 0 bridgehead atoms. The van der Waals surface area contributed by atoms with Gasteiger partial charge in [-0.3, -0.25) is 4.79 Å². The van der Waals surface area contributed by atoms with E-state index in [-0.39, 0.29) is 18.1 Å². The molecule has 2 aromatic carbocycles. The van der Waals surface area contributed by atoms with Crippen molar-refractivity contribution in [3.63, 3.8) is 0 Å². The summed E-state index contributed by atoms with van der Waals surface area (Å²) in [6.45, 7) is 5.29. The molecule has 0 radical (unpaired) electrons. The van der Waals surface area contributed by atoms with Crippen molar-refractivity contribution in [2.75, 3.05) is 18.8 Å². The van der Waals surface area contributed by atoms with Crippen molar-refractivity contribution in [3.8, 4) is 22.4 Å². The molecule has 2 heterocycles. The van der Waals surface area contributed by atoms with E-state index >= 15 is 0 Å². The molecule has 0 N–H and O–H groups in total. The summed E-state index contributed by atoms with van der Waals surface area (Å²) < 4.78 is 5.69. The lowest BCUT2D eigenvalue weighted by Crippen LogP contribution is -2.48. The minimum Gasteiger partial charge on any atom is -0.372 e. The summed E-state index contributed by atoms with van der Waals surface area (Å²) in [5, 5.41) is 9.40. The largest absolute Gasteiger partial charge is 0.372 e. The molecule has 1 saturated heterocycles. The second-order valence-electron chi connectivity index (χ2n) is 7.54. The van der Waals surface area contributed by atoms with E-state index in [2.05, 4.69) is 46.6 Å². The van der Waals surface area contributed by atoms with Crippen molar-refractivity contribution in [2.24, 2.45) is 0 Å². The third kappa shape index (κ3) is 5.07. The number of rotatable bonds is 5. The lowest BCUT2D eigenvalue weighted by molar-refractivity contribution is -0.140. The van der Waals surface area contributed by atoms with E-state index in [4.69, 9.17) is 4.74 Å². The number of thioether (sulfide) groups is 1. The fourth-order valence-corrected chi connectivity index (χ4v) is 4.34. The minimum absolute atomic E-state index is 0.0788. The van der Waals surface area contributed by atoms with Gasteiger partial charge in [0.15, 0.2) is 0 Å². The van der Waals surface area contributed by atoms with Gasteiger partial charge in [0, 0.05) is 18.7 Å². The predicted octanol–water partition coefficient (Wildman–Crippen LogP) is 4.54. The van der Waals surface area contributed by atoms with Crippen molar-refractivity contribution < 1.29 is 9.53 Å². The minimum atomic E-state index is 0.0788. The van der Waals surface area contributed by atoms with Gasteiger partial charge in [-0.15, -0.1) is 10.2 Å². The zero-order valence-corrected chi connectivity index (χ0v) is 18.0. The molecule has 0 aliphatic carbocycles. The number of hydrogen-bond donors (Lipinski definition) is 0. The van der Waals surface area contributed by atoms with Crippen molar-refractivity contribution in [1.29, 1.82) is 0 Å². The Hall–Kier alpha value is -2.70. The van der Waals surface area contributed by atoms with Gasteiger partial charge in [-0.2, -0.15) is 0 Å². The number of carbonyl (C=O) groups excluding carboxylic acids is 1. The number of benzene rings is 2. The Morgan fingerprint density at radius 1 is 0.900 bits per heavy atom. The van der Waals surface area contributed by atoms with Crippen LogP contribution in [0.5, 0.6) is 0 Å². The zero-order valence-electron chi connectivity index (χ0n) is 17.2. The fourth-order valence-electron chi connectivity index (χ4n) is 3.62. The van der Waals surface area contributed by atoms with E-state index in [0.29, 0.717) is 18.8 Å². The van der Waals surface area contributed by atoms with Gasteiger partial charge in [0.05, 0.1) is 23.7 Å². The fraction of sp³-hybridized carbons (Fsp3) is 0.292. The molecule has 1 amide bonds. The molecule has 1 aromatic heterocycles. The van der Waals surface area contributed by atoms with E-state index in [0.717, 1.165) is 16.3 Å². The molecular weight excluding hydrogens is 394 g/mol. The Balaban J connectivity index is 1.35. The van der Waals surface area contributed by atoms with Crippen LogP contribution >= 0.6 is 11.8 Å². The summed E-state index contributed by atoms with van der Waals surface area (Å²) in [5.74, 6) is 0.476. The van der Waals surface area contributed by atoms with Gasteiger partial charge in [0.2, 0.25) is 5.91 Å². The predicted molar refractivity (Wildman–Crippen MR) is 120 cm³/mol. The number of aromatic nitrogens is 2. The van der Waals surface area contributed by atoms with Gasteiger partial charge in [-0.1, -0.05) is 66.4 Å². The van der Waals surface area contributed by atoms with Crippen molar-refractivity contribution in [1.82, 2.24) is 15.1 Å². The van der Waals surface area contributed by atoms with Crippen LogP contribution in [0.1, 0.15) is 13.8 Å². The number of carbonyl (C=O) groups is 1. The summed E-state index contributed by atoms with van der Waals surface area (Å²) in [7, 11) is 0. The van der Waals surface area contributed by atoms with Crippen LogP contribution in [-0.4, -0.2) is 52.1 Å². The highest BCUT2D eigenvalue weighted by molar-refractivity contribution is 7.99. The van der Waals surface area contributed by atoms with Gasteiger partial charge in [0.25, 0.3) is 0 Å². The topological polar surface area (TPSA) is 55.3 Å². The first-order chi connectivity index (χ1) is 14.6. The van der Waals surface area contributed by atoms with Crippen LogP contribution in [-0.2, 0) is 9.53 Å². The average molecular weight is 420 g/mol. The zero-order chi connectivity index (χ0) is 20.9. The van der Waals surface area contributed by atoms with E-state index in [1.807, 2.05) is 49.1 Å². The first-order valence-electron chi connectivity index (χ1n) is 10.1. The maximum absolute atomic E-state index is 12.5. The molecule has 3 aromatic rings. The van der Waals surface area contributed by atoms with Gasteiger partial charge < -0.3 is 9.64 Å². The number of ether oxygens (including phenoxy) is 1. The third-order valence-corrected chi connectivity index (χ3v) is 5.95. The number of nitrogens with zero attached hydrogens (tertiary/aromatic N) is 3. The van der Waals surface area contributed by atoms with E-state index in [1.165, 1.54) is 22.9 Å². The van der Waals surface area contributed by atoms with E-state index < -0.39 is 0 Å². The van der Waals surface area contributed by atoms with Gasteiger partial charge in [0.1, 0.15) is 5.03 Å². The lowest BCUT2D eigenvalue weighted by Gasteiger charge is -2.35. The highest BCUT2D eigenvalue weighted by Gasteiger charge is 2.25. The molecule has 1 aliphatic heterocycles. The maximum atomic E-state index is 12.5. The van der Waals surface area contributed by atoms with E-state index in [1.54, 1.807) is 0 Å². The van der Waals surface area contributed by atoms with Gasteiger partial charge >= 0.3 is 0 Å². The van der Waals surface area contributed by atoms with Crippen LogP contribution < -0.4 is 0 Å². The Bertz CT molecular complexity index is 968. The first kappa shape index (κ1) is 20.6. The molecule has 0 saturated carbocycles. The second-order valence-corrected chi connectivity index (χ2v) is 8.54. The molecular formula is C24H25N3O2S. The number of morpholine rings is 1. The Morgan fingerprint density at radius 3 is 2.17 bits per heavy atom. The molecule has 1 fully saturated rings. The number of hydrogen-bond acceptors (Lipinski definition) is 5. The lowest BCUT2D eigenvalue weighted by atomic mass is 10.0. The van der Waals surface area contributed by atoms with Gasteiger partial charge in [-0.25, -0.2) is 0 Å². The number of amides is 1.